The average molecular weight is 259 g/mol. The fourth-order valence-electron chi connectivity index (χ4n) is 2.14. The van der Waals surface area contributed by atoms with Crippen LogP contribution in [0.1, 0.15) is 60.8 Å². The lowest BCUT2D eigenvalue weighted by Gasteiger charge is -2.25. The van der Waals surface area contributed by atoms with E-state index in [1.807, 2.05) is 34.6 Å². The van der Waals surface area contributed by atoms with Crippen molar-refractivity contribution in [1.29, 1.82) is 0 Å². The maximum absolute atomic E-state index is 5.96. The molecule has 0 amide bonds. The lowest BCUT2D eigenvalue weighted by Crippen LogP contribution is -2.43. The van der Waals surface area contributed by atoms with E-state index in [1.54, 1.807) is 0 Å². The molecule has 3 heteroatoms. The predicted octanol–water partition coefficient (Wildman–Crippen LogP) is 3.37. The summed E-state index contributed by atoms with van der Waals surface area (Å²) in [6.07, 6.45) is 4.85. The minimum absolute atomic E-state index is 0.270. The lowest BCUT2D eigenvalue weighted by atomic mass is 10.1. The molecule has 0 radical (unpaired) electrons. The summed E-state index contributed by atoms with van der Waals surface area (Å²) in [7, 11) is 0. The van der Waals surface area contributed by atoms with Crippen LogP contribution < -0.4 is 5.32 Å². The van der Waals surface area contributed by atoms with Crippen molar-refractivity contribution < 1.29 is 9.47 Å². The molecule has 0 aromatic rings. The van der Waals surface area contributed by atoms with Crippen LogP contribution in [0.15, 0.2) is 0 Å². The Bertz CT molecular complexity index is 183. The van der Waals surface area contributed by atoms with E-state index in [4.69, 9.17) is 9.47 Å². The van der Waals surface area contributed by atoms with Gasteiger partial charge in [0.1, 0.15) is 0 Å². The average Bonchev–Trinajstić information content (AvgIpc) is 3.10. The standard InChI is InChI=1S/C11H21NO2.2C2H6/c1-3-13-8(2)11-10(6-7-12-11)14-9-4-5-9;2*1-2/h8-12H,3-7H2,1-2H3;2*1-2H3/t8-,10-,11+;;/m0../s1. The quantitative estimate of drug-likeness (QED) is 0.821. The Hall–Kier alpha value is -0.120. The van der Waals surface area contributed by atoms with Gasteiger partial charge in [0.2, 0.25) is 0 Å². The fourth-order valence-corrected chi connectivity index (χ4v) is 2.14. The summed E-state index contributed by atoms with van der Waals surface area (Å²) in [6.45, 7) is 14.0. The molecule has 110 valence electrons. The van der Waals surface area contributed by atoms with Crippen LogP contribution in [0.25, 0.3) is 0 Å². The molecule has 1 heterocycles. The monoisotopic (exact) mass is 259 g/mol. The van der Waals surface area contributed by atoms with E-state index >= 15 is 0 Å². The highest BCUT2D eigenvalue weighted by Gasteiger charge is 2.36. The second-order valence-corrected chi connectivity index (χ2v) is 4.30. The van der Waals surface area contributed by atoms with Crippen LogP contribution in [0, 0.1) is 0 Å². The SMILES string of the molecule is CC.CC.CCO[C@@H](C)[C@H]1NCC[C@@H]1OC1CC1. The minimum atomic E-state index is 0.270. The highest BCUT2D eigenvalue weighted by atomic mass is 16.5. The van der Waals surface area contributed by atoms with Gasteiger partial charge in [0.05, 0.1) is 24.4 Å². The van der Waals surface area contributed by atoms with Gasteiger partial charge in [0, 0.05) is 6.61 Å². The van der Waals surface area contributed by atoms with Crippen molar-refractivity contribution in [3.63, 3.8) is 0 Å². The Labute approximate surface area is 114 Å². The van der Waals surface area contributed by atoms with Crippen LogP contribution in [0.3, 0.4) is 0 Å². The van der Waals surface area contributed by atoms with Gasteiger partial charge in [-0.2, -0.15) is 0 Å². The first-order valence-corrected chi connectivity index (χ1v) is 7.81. The summed E-state index contributed by atoms with van der Waals surface area (Å²) in [5.41, 5.74) is 0. The van der Waals surface area contributed by atoms with Crippen molar-refractivity contribution in [2.75, 3.05) is 13.2 Å². The van der Waals surface area contributed by atoms with Crippen molar-refractivity contribution in [3.05, 3.63) is 0 Å². The molecule has 1 saturated heterocycles. The van der Waals surface area contributed by atoms with Gasteiger partial charge in [-0.25, -0.2) is 0 Å². The minimum Gasteiger partial charge on any atom is -0.377 e. The maximum atomic E-state index is 5.96. The van der Waals surface area contributed by atoms with E-state index < -0.39 is 0 Å². The van der Waals surface area contributed by atoms with Crippen LogP contribution in [0.2, 0.25) is 0 Å². The predicted molar refractivity (Wildman–Crippen MR) is 78.1 cm³/mol. The topological polar surface area (TPSA) is 30.5 Å². The van der Waals surface area contributed by atoms with Crippen molar-refractivity contribution >= 4 is 0 Å². The van der Waals surface area contributed by atoms with E-state index in [0.717, 1.165) is 19.6 Å². The Morgan fingerprint density at radius 2 is 1.72 bits per heavy atom. The molecule has 1 N–H and O–H groups in total. The molecule has 0 spiro atoms. The second-order valence-electron chi connectivity index (χ2n) is 4.30. The molecule has 1 saturated carbocycles. The van der Waals surface area contributed by atoms with Crippen molar-refractivity contribution in [2.24, 2.45) is 0 Å². The van der Waals surface area contributed by atoms with E-state index in [1.165, 1.54) is 12.8 Å². The Balaban J connectivity index is 0.000000659. The lowest BCUT2D eigenvalue weighted by molar-refractivity contribution is -0.0240. The van der Waals surface area contributed by atoms with Crippen LogP contribution in [0.4, 0.5) is 0 Å². The molecule has 0 bridgehead atoms. The molecule has 2 rings (SSSR count). The number of hydrogen-bond donors (Lipinski definition) is 1. The maximum Gasteiger partial charge on any atom is 0.0769 e. The smallest absolute Gasteiger partial charge is 0.0769 e. The summed E-state index contributed by atoms with van der Waals surface area (Å²) in [6, 6.07) is 0.399. The zero-order valence-corrected chi connectivity index (χ0v) is 13.2. The molecule has 18 heavy (non-hydrogen) atoms. The molecule has 0 unspecified atom stereocenters. The Kier molecular flexibility index (Phi) is 10.7. The molecule has 3 nitrogen and oxygen atoms in total. The number of hydrogen-bond acceptors (Lipinski definition) is 3. The van der Waals surface area contributed by atoms with Crippen molar-refractivity contribution in [3.8, 4) is 0 Å². The Morgan fingerprint density at radius 1 is 1.11 bits per heavy atom. The second kappa shape index (κ2) is 10.8. The highest BCUT2D eigenvalue weighted by Crippen LogP contribution is 2.29. The molecule has 2 aliphatic rings. The van der Waals surface area contributed by atoms with Gasteiger partial charge >= 0.3 is 0 Å². The molecular weight excluding hydrogens is 226 g/mol. The fraction of sp³-hybridized carbons (Fsp3) is 1.00. The van der Waals surface area contributed by atoms with Crippen LogP contribution in [-0.4, -0.2) is 37.5 Å². The van der Waals surface area contributed by atoms with Gasteiger partial charge < -0.3 is 14.8 Å². The van der Waals surface area contributed by atoms with Gasteiger partial charge in [-0.3, -0.25) is 0 Å². The van der Waals surface area contributed by atoms with E-state index in [0.29, 0.717) is 18.2 Å². The van der Waals surface area contributed by atoms with Crippen molar-refractivity contribution in [1.82, 2.24) is 5.32 Å². The molecule has 3 atom stereocenters. The molecule has 2 fully saturated rings. The summed E-state index contributed by atoms with van der Waals surface area (Å²) in [4.78, 5) is 0. The van der Waals surface area contributed by atoms with E-state index in [2.05, 4.69) is 12.2 Å². The third-order valence-corrected chi connectivity index (χ3v) is 3.04. The summed E-state index contributed by atoms with van der Waals surface area (Å²) < 4.78 is 11.6. The molecular formula is C15H33NO2. The first kappa shape index (κ1) is 17.9. The van der Waals surface area contributed by atoms with Gasteiger partial charge in [0.15, 0.2) is 0 Å². The largest absolute Gasteiger partial charge is 0.377 e. The Morgan fingerprint density at radius 3 is 2.22 bits per heavy atom. The third kappa shape index (κ3) is 6.17. The summed E-state index contributed by atoms with van der Waals surface area (Å²) in [5, 5.41) is 3.47. The van der Waals surface area contributed by atoms with E-state index in [-0.39, 0.29) is 6.10 Å². The van der Waals surface area contributed by atoms with Crippen LogP contribution in [-0.2, 0) is 9.47 Å². The van der Waals surface area contributed by atoms with Gasteiger partial charge in [-0.05, 0) is 39.7 Å². The normalized spacial score (nSPS) is 27.7. The third-order valence-electron chi connectivity index (χ3n) is 3.04. The van der Waals surface area contributed by atoms with Crippen LogP contribution in [0.5, 0.6) is 0 Å². The van der Waals surface area contributed by atoms with Crippen LogP contribution >= 0.6 is 0 Å². The number of ether oxygens (including phenoxy) is 2. The summed E-state index contributed by atoms with van der Waals surface area (Å²) >= 11 is 0. The van der Waals surface area contributed by atoms with Crippen molar-refractivity contribution in [2.45, 2.75) is 85.2 Å². The molecule has 0 aromatic carbocycles. The summed E-state index contributed by atoms with van der Waals surface area (Å²) in [5.74, 6) is 0. The van der Waals surface area contributed by atoms with Gasteiger partial charge in [0.25, 0.3) is 0 Å². The highest BCUT2D eigenvalue weighted by molar-refractivity contribution is 4.91. The molecule has 1 aliphatic carbocycles. The number of nitrogens with one attached hydrogen (secondary N) is 1. The molecule has 1 aliphatic heterocycles. The first-order chi connectivity index (χ1) is 8.81. The van der Waals surface area contributed by atoms with E-state index in [9.17, 15) is 0 Å². The number of rotatable bonds is 5. The van der Waals surface area contributed by atoms with Gasteiger partial charge in [-0.15, -0.1) is 0 Å². The molecule has 0 aromatic heterocycles. The first-order valence-electron chi connectivity index (χ1n) is 7.81. The zero-order valence-electron chi connectivity index (χ0n) is 13.2. The zero-order chi connectivity index (χ0) is 14.0. The van der Waals surface area contributed by atoms with Gasteiger partial charge in [-0.1, -0.05) is 27.7 Å².